The van der Waals surface area contributed by atoms with Crippen molar-refractivity contribution in [3.63, 3.8) is 0 Å². The summed E-state index contributed by atoms with van der Waals surface area (Å²) in [6, 6.07) is 4.02. The standard InChI is InChI=1S/C8H14N2O/c1-9-7(6-11)8-4-3-5-10(8)2/h3-5,7,9,11H,6H2,1-2H3/t7-/m1/s1. The average Bonchev–Trinajstić information content (AvgIpc) is 2.40. The van der Waals surface area contributed by atoms with Gasteiger partial charge < -0.3 is 15.0 Å². The highest BCUT2D eigenvalue weighted by molar-refractivity contribution is 5.11. The zero-order valence-corrected chi connectivity index (χ0v) is 6.91. The van der Waals surface area contributed by atoms with Gasteiger partial charge >= 0.3 is 0 Å². The van der Waals surface area contributed by atoms with E-state index in [1.165, 1.54) is 0 Å². The summed E-state index contributed by atoms with van der Waals surface area (Å²) in [5, 5.41) is 12.0. The van der Waals surface area contributed by atoms with Gasteiger partial charge in [-0.25, -0.2) is 0 Å². The molecule has 0 amide bonds. The first-order valence-corrected chi connectivity index (χ1v) is 3.69. The molecule has 1 aromatic heterocycles. The quantitative estimate of drug-likeness (QED) is 0.656. The minimum atomic E-state index is 0.0509. The summed E-state index contributed by atoms with van der Waals surface area (Å²) in [6.07, 6.45) is 1.97. The lowest BCUT2D eigenvalue weighted by atomic mass is 10.2. The zero-order valence-electron chi connectivity index (χ0n) is 6.91. The normalized spacial score (nSPS) is 13.4. The van der Waals surface area contributed by atoms with Crippen LogP contribution in [0.25, 0.3) is 0 Å². The number of aryl methyl sites for hydroxylation is 1. The molecule has 0 aliphatic carbocycles. The molecule has 0 aliphatic rings. The molecular formula is C8H14N2O. The number of nitrogens with zero attached hydrogens (tertiary/aromatic N) is 1. The van der Waals surface area contributed by atoms with Crippen LogP contribution in [0.15, 0.2) is 18.3 Å². The first kappa shape index (κ1) is 8.30. The Labute approximate surface area is 66.7 Å². The van der Waals surface area contributed by atoms with Gasteiger partial charge in [0.1, 0.15) is 0 Å². The Bertz CT molecular complexity index is 216. The Morgan fingerprint density at radius 3 is 2.82 bits per heavy atom. The molecule has 0 aliphatic heterocycles. The second-order valence-electron chi connectivity index (χ2n) is 2.57. The van der Waals surface area contributed by atoms with Crippen molar-refractivity contribution in [1.29, 1.82) is 0 Å². The van der Waals surface area contributed by atoms with Crippen molar-refractivity contribution >= 4 is 0 Å². The molecule has 1 atom stereocenters. The second kappa shape index (κ2) is 3.55. The van der Waals surface area contributed by atoms with Gasteiger partial charge in [-0.1, -0.05) is 0 Å². The van der Waals surface area contributed by atoms with Crippen molar-refractivity contribution in [3.8, 4) is 0 Å². The minimum Gasteiger partial charge on any atom is -0.394 e. The predicted molar refractivity (Wildman–Crippen MR) is 44.3 cm³/mol. The molecule has 1 aromatic rings. The predicted octanol–water partition coefficient (Wildman–Crippen LogP) is 0.278. The van der Waals surface area contributed by atoms with Crippen LogP contribution in [0, 0.1) is 0 Å². The summed E-state index contributed by atoms with van der Waals surface area (Å²) >= 11 is 0. The Morgan fingerprint density at radius 2 is 2.45 bits per heavy atom. The molecule has 0 fully saturated rings. The summed E-state index contributed by atoms with van der Waals surface area (Å²) in [6.45, 7) is 0.133. The highest BCUT2D eigenvalue weighted by atomic mass is 16.3. The van der Waals surface area contributed by atoms with Gasteiger partial charge in [0.05, 0.1) is 12.6 Å². The van der Waals surface area contributed by atoms with E-state index >= 15 is 0 Å². The molecule has 0 aromatic carbocycles. The molecular weight excluding hydrogens is 140 g/mol. The number of rotatable bonds is 3. The average molecular weight is 154 g/mol. The SMILES string of the molecule is CN[C@H](CO)c1cccn1C. The topological polar surface area (TPSA) is 37.2 Å². The maximum atomic E-state index is 8.95. The van der Waals surface area contributed by atoms with Crippen molar-refractivity contribution < 1.29 is 5.11 Å². The van der Waals surface area contributed by atoms with E-state index in [1.54, 1.807) is 0 Å². The molecule has 2 N–H and O–H groups in total. The molecule has 1 heterocycles. The van der Waals surface area contributed by atoms with Gasteiger partial charge in [-0.2, -0.15) is 0 Å². The molecule has 1 rings (SSSR count). The van der Waals surface area contributed by atoms with Gasteiger partial charge in [0, 0.05) is 18.9 Å². The van der Waals surface area contributed by atoms with Crippen LogP contribution < -0.4 is 5.32 Å². The number of aliphatic hydroxyl groups excluding tert-OH is 1. The Balaban J connectivity index is 2.81. The van der Waals surface area contributed by atoms with E-state index in [0.29, 0.717) is 0 Å². The van der Waals surface area contributed by atoms with E-state index in [9.17, 15) is 0 Å². The van der Waals surface area contributed by atoms with Crippen LogP contribution in [0.5, 0.6) is 0 Å². The third-order valence-electron chi connectivity index (χ3n) is 1.87. The van der Waals surface area contributed by atoms with Gasteiger partial charge in [-0.15, -0.1) is 0 Å². The molecule has 0 unspecified atom stereocenters. The molecule has 3 heteroatoms. The number of hydrogen-bond acceptors (Lipinski definition) is 2. The lowest BCUT2D eigenvalue weighted by Gasteiger charge is -2.13. The maximum Gasteiger partial charge on any atom is 0.0707 e. The highest BCUT2D eigenvalue weighted by Crippen LogP contribution is 2.10. The molecule has 62 valence electrons. The van der Waals surface area contributed by atoms with Gasteiger partial charge in [0.15, 0.2) is 0 Å². The molecule has 0 spiro atoms. The summed E-state index contributed by atoms with van der Waals surface area (Å²) < 4.78 is 2.00. The zero-order chi connectivity index (χ0) is 8.27. The first-order chi connectivity index (χ1) is 5.29. The van der Waals surface area contributed by atoms with Gasteiger partial charge in [-0.3, -0.25) is 0 Å². The lowest BCUT2D eigenvalue weighted by Crippen LogP contribution is -2.22. The monoisotopic (exact) mass is 154 g/mol. The smallest absolute Gasteiger partial charge is 0.0707 e. The van der Waals surface area contributed by atoms with Crippen LogP contribution in [-0.2, 0) is 7.05 Å². The van der Waals surface area contributed by atoms with Crippen molar-refractivity contribution in [2.45, 2.75) is 6.04 Å². The summed E-state index contributed by atoms with van der Waals surface area (Å²) in [4.78, 5) is 0. The summed E-state index contributed by atoms with van der Waals surface area (Å²) in [7, 11) is 3.81. The first-order valence-electron chi connectivity index (χ1n) is 3.69. The molecule has 0 bridgehead atoms. The third-order valence-corrected chi connectivity index (χ3v) is 1.87. The number of likely N-dealkylation sites (N-methyl/N-ethyl adjacent to an activating group) is 1. The van der Waals surface area contributed by atoms with Crippen molar-refractivity contribution in [2.24, 2.45) is 7.05 Å². The van der Waals surface area contributed by atoms with Crippen LogP contribution >= 0.6 is 0 Å². The fourth-order valence-corrected chi connectivity index (χ4v) is 1.17. The van der Waals surface area contributed by atoms with Crippen LogP contribution in [0.2, 0.25) is 0 Å². The van der Waals surface area contributed by atoms with Crippen molar-refractivity contribution in [1.82, 2.24) is 9.88 Å². The fourth-order valence-electron chi connectivity index (χ4n) is 1.17. The van der Waals surface area contributed by atoms with Crippen LogP contribution in [0.1, 0.15) is 11.7 Å². The van der Waals surface area contributed by atoms with Gasteiger partial charge in [0.2, 0.25) is 0 Å². The van der Waals surface area contributed by atoms with E-state index in [1.807, 2.05) is 37.0 Å². The van der Waals surface area contributed by atoms with Crippen LogP contribution in [0.4, 0.5) is 0 Å². The Hall–Kier alpha value is -0.800. The highest BCUT2D eigenvalue weighted by Gasteiger charge is 2.08. The largest absolute Gasteiger partial charge is 0.394 e. The summed E-state index contributed by atoms with van der Waals surface area (Å²) in [5.41, 5.74) is 1.11. The van der Waals surface area contributed by atoms with E-state index in [2.05, 4.69) is 5.32 Å². The van der Waals surface area contributed by atoms with Gasteiger partial charge in [-0.05, 0) is 19.2 Å². The number of hydrogen-bond donors (Lipinski definition) is 2. The van der Waals surface area contributed by atoms with Crippen molar-refractivity contribution in [2.75, 3.05) is 13.7 Å². The second-order valence-corrected chi connectivity index (χ2v) is 2.57. The lowest BCUT2D eigenvalue weighted by molar-refractivity contribution is 0.246. The molecule has 0 radical (unpaired) electrons. The minimum absolute atomic E-state index is 0.0509. The Kier molecular flexibility index (Phi) is 2.68. The van der Waals surface area contributed by atoms with E-state index in [4.69, 9.17) is 5.11 Å². The van der Waals surface area contributed by atoms with Crippen molar-refractivity contribution in [3.05, 3.63) is 24.0 Å². The third kappa shape index (κ3) is 1.61. The molecule has 3 nitrogen and oxygen atoms in total. The molecule has 0 saturated heterocycles. The number of nitrogens with one attached hydrogen (secondary N) is 1. The van der Waals surface area contributed by atoms with E-state index < -0.39 is 0 Å². The van der Waals surface area contributed by atoms with E-state index in [0.717, 1.165) is 5.69 Å². The Morgan fingerprint density at radius 1 is 1.73 bits per heavy atom. The number of aromatic nitrogens is 1. The van der Waals surface area contributed by atoms with E-state index in [-0.39, 0.29) is 12.6 Å². The van der Waals surface area contributed by atoms with Crippen LogP contribution in [-0.4, -0.2) is 23.3 Å². The summed E-state index contributed by atoms with van der Waals surface area (Å²) in [5.74, 6) is 0. The molecule has 11 heavy (non-hydrogen) atoms. The number of aliphatic hydroxyl groups is 1. The fraction of sp³-hybridized carbons (Fsp3) is 0.500. The van der Waals surface area contributed by atoms with Gasteiger partial charge in [0.25, 0.3) is 0 Å². The molecule has 0 saturated carbocycles. The van der Waals surface area contributed by atoms with Crippen LogP contribution in [0.3, 0.4) is 0 Å². The maximum absolute atomic E-state index is 8.95.